The van der Waals surface area contributed by atoms with Crippen molar-refractivity contribution in [1.82, 2.24) is 35.8 Å². The van der Waals surface area contributed by atoms with Crippen molar-refractivity contribution in [3.8, 4) is 0 Å². The molecule has 4 aromatic rings. The summed E-state index contributed by atoms with van der Waals surface area (Å²) in [5.74, 6) is 1.55. The second-order valence-corrected chi connectivity index (χ2v) is 11.5. The van der Waals surface area contributed by atoms with E-state index in [0.717, 1.165) is 105 Å². The van der Waals surface area contributed by atoms with Crippen molar-refractivity contribution >= 4 is 45.1 Å². The van der Waals surface area contributed by atoms with E-state index >= 15 is 0 Å². The average molecular weight is 604 g/mol. The van der Waals surface area contributed by atoms with E-state index in [4.69, 9.17) is 28.7 Å². The van der Waals surface area contributed by atoms with E-state index < -0.39 is 0 Å². The summed E-state index contributed by atoms with van der Waals surface area (Å²) in [5, 5.41) is 15.6. The van der Waals surface area contributed by atoms with Crippen LogP contribution < -0.4 is 32.7 Å². The maximum absolute atomic E-state index is 6.37. The lowest BCUT2D eigenvalue weighted by Gasteiger charge is -2.20. The molecule has 4 rings (SSSR count). The summed E-state index contributed by atoms with van der Waals surface area (Å²) in [6.45, 7) is 9.25. The fourth-order valence-corrected chi connectivity index (χ4v) is 5.48. The number of nitrogens with two attached hydrogens (primary N) is 2. The predicted octanol–water partition coefficient (Wildman–Crippen LogP) is 4.57. The summed E-state index contributed by atoms with van der Waals surface area (Å²) in [5.41, 5.74) is 17.1. The zero-order valence-electron chi connectivity index (χ0n) is 25.8. The predicted molar refractivity (Wildman–Crippen MR) is 184 cm³/mol. The highest BCUT2D eigenvalue weighted by Crippen LogP contribution is 2.30. The number of anilines is 1. The van der Waals surface area contributed by atoms with Gasteiger partial charge in [0.05, 0.1) is 17.2 Å². The Bertz CT molecular complexity index is 1430. The van der Waals surface area contributed by atoms with Gasteiger partial charge >= 0.3 is 0 Å². The molecule has 0 amide bonds. The molecule has 0 aliphatic rings. The van der Waals surface area contributed by atoms with Gasteiger partial charge in [-0.2, -0.15) is 0 Å². The third kappa shape index (κ3) is 9.34. The molecule has 2 aromatic carbocycles. The van der Waals surface area contributed by atoms with Crippen LogP contribution in [0.5, 0.6) is 0 Å². The number of thiocarbonyl (C=S) groups is 1. The monoisotopic (exact) mass is 603 g/mol. The summed E-state index contributed by atoms with van der Waals surface area (Å²) in [6.07, 6.45) is 7.69. The Labute approximate surface area is 261 Å². The van der Waals surface area contributed by atoms with Gasteiger partial charge in [0.2, 0.25) is 0 Å². The van der Waals surface area contributed by atoms with Crippen molar-refractivity contribution in [1.29, 1.82) is 0 Å². The largest absolute Gasteiger partial charge is 0.382 e. The first-order valence-corrected chi connectivity index (χ1v) is 16.2. The van der Waals surface area contributed by atoms with Gasteiger partial charge in [-0.15, -0.1) is 0 Å². The molecule has 0 saturated carbocycles. The molecule has 0 aliphatic heterocycles. The van der Waals surface area contributed by atoms with Gasteiger partial charge < -0.3 is 37.3 Å². The van der Waals surface area contributed by atoms with Crippen molar-refractivity contribution in [2.24, 2.45) is 5.73 Å². The molecule has 8 N–H and O–H groups in total. The minimum atomic E-state index is 0.342. The Kier molecular flexibility index (Phi) is 13.0. The third-order valence-corrected chi connectivity index (χ3v) is 7.93. The number of benzene rings is 2. The van der Waals surface area contributed by atoms with Crippen molar-refractivity contribution < 1.29 is 0 Å². The standard InChI is InChI=1S/C33H49N9S/c1-3-5-13-29-41-30-31(26-11-6-7-12-27(26)40-32(30)35)42(29)23-25-16-14-24(15-17-25)22-39-33(43)38-21-9-20-37-28(10-4-2)36-19-8-18-34/h6-7,11-12,14-17,28,36-37H,3-5,8-10,13,18-23,34H2,1-2H3,(H2,35,40)(H2,38,39,43). The number of hydrogen-bond donors (Lipinski definition) is 6. The Morgan fingerprint density at radius 2 is 1.63 bits per heavy atom. The Balaban J connectivity index is 1.30. The lowest BCUT2D eigenvalue weighted by Crippen LogP contribution is -2.44. The number of imidazole rings is 1. The number of para-hydroxylation sites is 1. The van der Waals surface area contributed by atoms with Crippen molar-refractivity contribution in [3.63, 3.8) is 0 Å². The molecule has 1 unspecified atom stereocenters. The van der Waals surface area contributed by atoms with Gasteiger partial charge in [-0.25, -0.2) is 9.97 Å². The summed E-state index contributed by atoms with van der Waals surface area (Å²) in [4.78, 5) is 9.58. The van der Waals surface area contributed by atoms with Crippen LogP contribution in [0.3, 0.4) is 0 Å². The van der Waals surface area contributed by atoms with Gasteiger partial charge in [-0.05, 0) is 74.7 Å². The number of aromatic nitrogens is 3. The minimum absolute atomic E-state index is 0.342. The molecule has 232 valence electrons. The number of hydrogen-bond acceptors (Lipinski definition) is 7. The highest BCUT2D eigenvalue weighted by Gasteiger charge is 2.17. The molecule has 2 aromatic heterocycles. The quantitative estimate of drug-likeness (QED) is 0.0550. The van der Waals surface area contributed by atoms with Crippen LogP contribution >= 0.6 is 12.2 Å². The molecule has 43 heavy (non-hydrogen) atoms. The van der Waals surface area contributed by atoms with Gasteiger partial charge in [-0.1, -0.05) is 69.2 Å². The Hall–Kier alpha value is -3.31. The average Bonchev–Trinajstić information content (AvgIpc) is 3.38. The van der Waals surface area contributed by atoms with Crippen LogP contribution in [0.4, 0.5) is 5.82 Å². The van der Waals surface area contributed by atoms with Crippen molar-refractivity contribution in [2.75, 3.05) is 31.9 Å². The number of unbranched alkanes of at least 4 members (excludes halogenated alkanes) is 1. The molecule has 0 bridgehead atoms. The van der Waals surface area contributed by atoms with Gasteiger partial charge in [0.1, 0.15) is 11.3 Å². The molecular weight excluding hydrogens is 554 g/mol. The van der Waals surface area contributed by atoms with Crippen molar-refractivity contribution in [2.45, 2.75) is 78.0 Å². The van der Waals surface area contributed by atoms with Gasteiger partial charge in [0, 0.05) is 31.4 Å². The van der Waals surface area contributed by atoms with E-state index in [1.807, 2.05) is 18.2 Å². The molecule has 0 fully saturated rings. The molecule has 9 nitrogen and oxygen atoms in total. The topological polar surface area (TPSA) is 131 Å². The van der Waals surface area contributed by atoms with E-state index in [2.05, 4.69) is 75.0 Å². The molecule has 10 heteroatoms. The number of rotatable bonds is 18. The zero-order chi connectivity index (χ0) is 30.4. The van der Waals surface area contributed by atoms with E-state index in [1.165, 1.54) is 11.1 Å². The van der Waals surface area contributed by atoms with Gasteiger partial charge in [0.15, 0.2) is 10.9 Å². The van der Waals surface area contributed by atoms with Crippen LogP contribution in [0.1, 0.15) is 69.3 Å². The van der Waals surface area contributed by atoms with Gasteiger partial charge in [-0.3, -0.25) is 0 Å². The molecule has 0 spiro atoms. The summed E-state index contributed by atoms with van der Waals surface area (Å²) < 4.78 is 2.33. The molecule has 1 atom stereocenters. The van der Waals surface area contributed by atoms with E-state index in [9.17, 15) is 0 Å². The van der Waals surface area contributed by atoms with Crippen LogP contribution in [0.2, 0.25) is 0 Å². The highest BCUT2D eigenvalue weighted by atomic mass is 32.1. The van der Waals surface area contributed by atoms with Crippen LogP contribution in [0.25, 0.3) is 21.9 Å². The Morgan fingerprint density at radius 3 is 2.37 bits per heavy atom. The third-order valence-electron chi connectivity index (χ3n) is 7.64. The molecule has 0 radical (unpaired) electrons. The van der Waals surface area contributed by atoms with Gasteiger partial charge in [0.25, 0.3) is 0 Å². The van der Waals surface area contributed by atoms with Crippen molar-refractivity contribution in [3.05, 3.63) is 65.5 Å². The number of nitrogens with zero attached hydrogens (tertiary/aromatic N) is 3. The summed E-state index contributed by atoms with van der Waals surface area (Å²) in [6, 6.07) is 16.9. The van der Waals surface area contributed by atoms with Crippen LogP contribution in [-0.2, 0) is 19.5 Å². The first-order chi connectivity index (χ1) is 21.0. The number of nitrogen functional groups attached to an aromatic ring is 1. The first-order valence-electron chi connectivity index (χ1n) is 15.8. The van der Waals surface area contributed by atoms with Crippen LogP contribution in [0.15, 0.2) is 48.5 Å². The maximum Gasteiger partial charge on any atom is 0.166 e. The summed E-state index contributed by atoms with van der Waals surface area (Å²) >= 11 is 5.52. The minimum Gasteiger partial charge on any atom is -0.382 e. The molecule has 0 saturated heterocycles. The van der Waals surface area contributed by atoms with Crippen LogP contribution in [-0.4, -0.2) is 52.0 Å². The maximum atomic E-state index is 6.37. The number of nitrogens with one attached hydrogen (secondary N) is 4. The SMILES string of the molecule is CCCCc1nc2c(N)nc3ccccc3c2n1Cc1ccc(CNC(=S)NCCCNC(CCC)NCCCN)cc1. The second kappa shape index (κ2) is 17.1. The van der Waals surface area contributed by atoms with E-state index in [0.29, 0.717) is 23.6 Å². The zero-order valence-corrected chi connectivity index (χ0v) is 26.6. The number of fused-ring (bicyclic) bond motifs is 3. The first kappa shape index (κ1) is 32.6. The lowest BCUT2D eigenvalue weighted by molar-refractivity contribution is 0.394. The highest BCUT2D eigenvalue weighted by molar-refractivity contribution is 7.80. The second-order valence-electron chi connectivity index (χ2n) is 11.1. The normalized spacial score (nSPS) is 12.2. The Morgan fingerprint density at radius 1 is 0.884 bits per heavy atom. The smallest absolute Gasteiger partial charge is 0.166 e. The van der Waals surface area contributed by atoms with Crippen LogP contribution in [0, 0.1) is 0 Å². The lowest BCUT2D eigenvalue weighted by atomic mass is 10.1. The molecular formula is C33H49N9S. The number of pyridine rings is 1. The van der Waals surface area contributed by atoms with E-state index in [1.54, 1.807) is 0 Å². The van der Waals surface area contributed by atoms with E-state index in [-0.39, 0.29) is 0 Å². The fourth-order valence-electron chi connectivity index (χ4n) is 5.30. The molecule has 2 heterocycles. The summed E-state index contributed by atoms with van der Waals surface area (Å²) in [7, 11) is 0. The fraction of sp³-hybridized carbons (Fsp3) is 0.485. The number of aryl methyl sites for hydroxylation is 1. The molecule has 0 aliphatic carbocycles.